The van der Waals surface area contributed by atoms with E-state index in [9.17, 15) is 4.79 Å². The van der Waals surface area contributed by atoms with E-state index in [1.54, 1.807) is 17.2 Å². The number of rotatable bonds is 2. The molecule has 2 heterocycles. The van der Waals surface area contributed by atoms with E-state index in [2.05, 4.69) is 4.98 Å². The Kier molecular flexibility index (Phi) is 3.52. The molecule has 5 heteroatoms. The predicted octanol–water partition coefficient (Wildman–Crippen LogP) is 2.27. The number of para-hydroxylation sites is 2. The number of nitriles is 1. The van der Waals surface area contributed by atoms with Gasteiger partial charge in [0.25, 0.3) is 0 Å². The third kappa shape index (κ3) is 2.70. The molecule has 1 aromatic carbocycles. The second kappa shape index (κ2) is 5.63. The quantitative estimate of drug-likeness (QED) is 0.845. The van der Waals surface area contributed by atoms with Crippen LogP contribution in [0.4, 0.5) is 5.69 Å². The second-order valence-corrected chi connectivity index (χ2v) is 4.71. The molecule has 0 fully saturated rings. The molecule has 1 aliphatic heterocycles. The molecule has 3 rings (SSSR count). The first-order chi connectivity index (χ1) is 10.3. The first-order valence-electron chi connectivity index (χ1n) is 6.65. The Balaban J connectivity index is 1.96. The van der Waals surface area contributed by atoms with Crippen molar-refractivity contribution < 1.29 is 9.53 Å². The normalized spacial score (nSPS) is 13.9. The minimum absolute atomic E-state index is 0.00951. The number of pyridine rings is 1. The first kappa shape index (κ1) is 13.1. The van der Waals surface area contributed by atoms with Crippen molar-refractivity contribution in [3.05, 3.63) is 53.9 Å². The topological polar surface area (TPSA) is 66.2 Å². The molecule has 1 aliphatic rings. The minimum atomic E-state index is 0.00951. The number of benzene rings is 1. The summed E-state index contributed by atoms with van der Waals surface area (Å²) in [4.78, 5) is 17.9. The summed E-state index contributed by atoms with van der Waals surface area (Å²) in [5.74, 6) is 0.716. The highest BCUT2D eigenvalue weighted by molar-refractivity contribution is 5.95. The highest BCUT2D eigenvalue weighted by Gasteiger charge is 2.23. The van der Waals surface area contributed by atoms with Gasteiger partial charge in [-0.05, 0) is 29.8 Å². The number of hydrogen-bond donors (Lipinski definition) is 0. The average Bonchev–Trinajstić information content (AvgIpc) is 2.68. The van der Waals surface area contributed by atoms with E-state index in [1.165, 1.54) is 0 Å². The number of amides is 1. The molecule has 0 spiro atoms. The number of carbonyl (C=O) groups excluding carboxylic acids is 1. The molecular weight excluding hydrogens is 266 g/mol. The van der Waals surface area contributed by atoms with Crippen LogP contribution in [0.3, 0.4) is 0 Å². The van der Waals surface area contributed by atoms with E-state index >= 15 is 0 Å². The Labute approximate surface area is 122 Å². The Morgan fingerprint density at radius 1 is 1.33 bits per heavy atom. The van der Waals surface area contributed by atoms with Gasteiger partial charge in [0.15, 0.2) is 0 Å². The van der Waals surface area contributed by atoms with Crippen molar-refractivity contribution in [3.63, 3.8) is 0 Å². The summed E-state index contributed by atoms with van der Waals surface area (Å²) in [6, 6.07) is 13.0. The fraction of sp³-hybridized carbons (Fsp3) is 0.188. The number of nitrogens with zero attached hydrogens (tertiary/aromatic N) is 3. The smallest absolute Gasteiger partial charge is 0.230 e. The van der Waals surface area contributed by atoms with Gasteiger partial charge in [-0.15, -0.1) is 0 Å². The number of ether oxygens (including phenoxy) is 1. The summed E-state index contributed by atoms with van der Waals surface area (Å²) in [7, 11) is 0. The number of anilines is 1. The van der Waals surface area contributed by atoms with Crippen LogP contribution in [-0.2, 0) is 11.3 Å². The SMILES string of the molecule is N#Cc1cc(CN2C(=O)CCOc3ccccc32)ccn1. The van der Waals surface area contributed by atoms with Gasteiger partial charge in [0.05, 0.1) is 25.3 Å². The molecule has 0 saturated carbocycles. The molecule has 104 valence electrons. The van der Waals surface area contributed by atoms with Gasteiger partial charge in [0.2, 0.25) is 5.91 Å². The van der Waals surface area contributed by atoms with Gasteiger partial charge < -0.3 is 9.64 Å². The van der Waals surface area contributed by atoms with Crippen molar-refractivity contribution in [2.75, 3.05) is 11.5 Å². The molecule has 1 aromatic heterocycles. The number of aromatic nitrogens is 1. The predicted molar refractivity (Wildman–Crippen MR) is 76.7 cm³/mol. The van der Waals surface area contributed by atoms with Crippen LogP contribution in [0.25, 0.3) is 0 Å². The van der Waals surface area contributed by atoms with Crippen LogP contribution in [0.2, 0.25) is 0 Å². The summed E-state index contributed by atoms with van der Waals surface area (Å²) in [6.07, 6.45) is 1.92. The summed E-state index contributed by atoms with van der Waals surface area (Å²) in [5, 5.41) is 8.91. The molecule has 0 aliphatic carbocycles. The van der Waals surface area contributed by atoms with E-state index in [4.69, 9.17) is 10.00 Å². The van der Waals surface area contributed by atoms with E-state index in [0.29, 0.717) is 31.0 Å². The Morgan fingerprint density at radius 2 is 2.19 bits per heavy atom. The van der Waals surface area contributed by atoms with Crippen LogP contribution < -0.4 is 9.64 Å². The van der Waals surface area contributed by atoms with Gasteiger partial charge in [-0.3, -0.25) is 4.79 Å². The Bertz CT molecular complexity index is 721. The van der Waals surface area contributed by atoms with Crippen LogP contribution in [-0.4, -0.2) is 17.5 Å². The van der Waals surface area contributed by atoms with Crippen molar-refractivity contribution in [1.82, 2.24) is 4.98 Å². The monoisotopic (exact) mass is 279 g/mol. The van der Waals surface area contributed by atoms with Gasteiger partial charge in [0, 0.05) is 6.20 Å². The van der Waals surface area contributed by atoms with Gasteiger partial charge in [0.1, 0.15) is 17.5 Å². The second-order valence-electron chi connectivity index (χ2n) is 4.71. The third-order valence-electron chi connectivity index (χ3n) is 3.31. The van der Waals surface area contributed by atoms with Crippen LogP contribution >= 0.6 is 0 Å². The standard InChI is InChI=1S/C16H13N3O2/c17-10-13-9-12(5-7-18-13)11-19-14-3-1-2-4-15(14)21-8-6-16(19)20/h1-5,7,9H,6,8,11H2. The van der Waals surface area contributed by atoms with Crippen molar-refractivity contribution in [2.45, 2.75) is 13.0 Å². The largest absolute Gasteiger partial charge is 0.491 e. The molecule has 1 amide bonds. The number of hydrogen-bond acceptors (Lipinski definition) is 4. The average molecular weight is 279 g/mol. The summed E-state index contributed by atoms with van der Waals surface area (Å²) in [5.41, 5.74) is 1.97. The summed E-state index contributed by atoms with van der Waals surface area (Å²) < 4.78 is 5.60. The molecule has 5 nitrogen and oxygen atoms in total. The minimum Gasteiger partial charge on any atom is -0.491 e. The van der Waals surface area contributed by atoms with E-state index in [-0.39, 0.29) is 5.91 Å². The fourth-order valence-corrected chi connectivity index (χ4v) is 2.31. The number of fused-ring (bicyclic) bond motifs is 1. The molecule has 0 radical (unpaired) electrons. The summed E-state index contributed by atoms with van der Waals surface area (Å²) >= 11 is 0. The fourth-order valence-electron chi connectivity index (χ4n) is 2.31. The van der Waals surface area contributed by atoms with E-state index in [1.807, 2.05) is 36.4 Å². The molecule has 0 bridgehead atoms. The van der Waals surface area contributed by atoms with Crippen molar-refractivity contribution in [1.29, 1.82) is 5.26 Å². The first-order valence-corrected chi connectivity index (χ1v) is 6.65. The van der Waals surface area contributed by atoms with Crippen LogP contribution in [0.1, 0.15) is 17.7 Å². The highest BCUT2D eigenvalue weighted by Crippen LogP contribution is 2.32. The van der Waals surface area contributed by atoms with Crippen molar-refractivity contribution in [3.8, 4) is 11.8 Å². The van der Waals surface area contributed by atoms with Gasteiger partial charge in [-0.1, -0.05) is 12.1 Å². The zero-order chi connectivity index (χ0) is 14.7. The van der Waals surface area contributed by atoms with Crippen LogP contribution in [0.15, 0.2) is 42.6 Å². The molecule has 21 heavy (non-hydrogen) atoms. The van der Waals surface area contributed by atoms with Gasteiger partial charge in [-0.2, -0.15) is 5.26 Å². The van der Waals surface area contributed by atoms with E-state index < -0.39 is 0 Å². The van der Waals surface area contributed by atoms with Crippen LogP contribution in [0.5, 0.6) is 5.75 Å². The van der Waals surface area contributed by atoms with Crippen molar-refractivity contribution in [2.24, 2.45) is 0 Å². The lowest BCUT2D eigenvalue weighted by molar-refractivity contribution is -0.118. The zero-order valence-electron chi connectivity index (χ0n) is 11.3. The molecule has 0 atom stereocenters. The molecule has 2 aromatic rings. The third-order valence-corrected chi connectivity index (χ3v) is 3.31. The molecular formula is C16H13N3O2. The maximum Gasteiger partial charge on any atom is 0.230 e. The summed E-state index contributed by atoms with van der Waals surface area (Å²) in [6.45, 7) is 0.780. The Hall–Kier alpha value is -2.87. The number of carbonyl (C=O) groups is 1. The molecule has 0 saturated heterocycles. The van der Waals surface area contributed by atoms with Gasteiger partial charge in [-0.25, -0.2) is 4.98 Å². The van der Waals surface area contributed by atoms with Crippen LogP contribution in [0, 0.1) is 11.3 Å². The Morgan fingerprint density at radius 3 is 3.05 bits per heavy atom. The molecule has 0 unspecified atom stereocenters. The zero-order valence-corrected chi connectivity index (χ0v) is 11.3. The molecule has 0 N–H and O–H groups in total. The van der Waals surface area contributed by atoms with E-state index in [0.717, 1.165) is 11.3 Å². The maximum absolute atomic E-state index is 12.3. The lowest BCUT2D eigenvalue weighted by Gasteiger charge is -2.22. The maximum atomic E-state index is 12.3. The van der Waals surface area contributed by atoms with Crippen molar-refractivity contribution >= 4 is 11.6 Å². The van der Waals surface area contributed by atoms with Gasteiger partial charge >= 0.3 is 0 Å². The lowest BCUT2D eigenvalue weighted by Crippen LogP contribution is -2.29. The highest BCUT2D eigenvalue weighted by atomic mass is 16.5. The lowest BCUT2D eigenvalue weighted by atomic mass is 10.2.